The second-order valence-corrected chi connectivity index (χ2v) is 4.76. The van der Waals surface area contributed by atoms with Crippen molar-refractivity contribution < 1.29 is 9.18 Å². The summed E-state index contributed by atoms with van der Waals surface area (Å²) in [5.41, 5.74) is 7.09. The molecule has 0 atom stereocenters. The number of nitrogens with one attached hydrogen (secondary N) is 1. The number of carbonyl (C=O) groups excluding carboxylic acids is 1. The smallest absolute Gasteiger partial charge is 0.270 e. The first-order chi connectivity index (χ1) is 10.7. The molecule has 22 heavy (non-hydrogen) atoms. The summed E-state index contributed by atoms with van der Waals surface area (Å²) >= 11 is 0. The van der Waals surface area contributed by atoms with Crippen LogP contribution in [0, 0.1) is 5.82 Å². The van der Waals surface area contributed by atoms with Crippen molar-refractivity contribution in [3.8, 4) is 0 Å². The monoisotopic (exact) mass is 296 g/mol. The van der Waals surface area contributed by atoms with Crippen molar-refractivity contribution in [2.24, 2.45) is 0 Å². The Morgan fingerprint density at radius 3 is 2.86 bits per heavy atom. The number of benzene rings is 1. The van der Waals surface area contributed by atoms with E-state index in [-0.39, 0.29) is 17.6 Å². The van der Waals surface area contributed by atoms with Crippen LogP contribution in [0.2, 0.25) is 0 Å². The first kappa shape index (κ1) is 13.9. The van der Waals surface area contributed by atoms with Crippen molar-refractivity contribution in [1.29, 1.82) is 0 Å². The predicted molar refractivity (Wildman–Crippen MR) is 81.5 cm³/mol. The number of carbonyl (C=O) groups is 1. The Morgan fingerprint density at radius 2 is 2.09 bits per heavy atom. The first-order valence-electron chi connectivity index (χ1n) is 6.66. The molecule has 5 nitrogen and oxygen atoms in total. The molecule has 0 radical (unpaired) electrons. The fraction of sp³-hybridized carbons (Fsp3) is 0.0625. The van der Waals surface area contributed by atoms with E-state index in [1.165, 1.54) is 18.3 Å². The van der Waals surface area contributed by atoms with E-state index in [1.807, 2.05) is 6.07 Å². The Hall–Kier alpha value is -3.02. The van der Waals surface area contributed by atoms with Gasteiger partial charge in [-0.2, -0.15) is 0 Å². The zero-order valence-electron chi connectivity index (χ0n) is 11.6. The molecular formula is C16H13FN4O. The third-order valence-corrected chi connectivity index (χ3v) is 3.30. The highest BCUT2D eigenvalue weighted by Gasteiger charge is 2.16. The van der Waals surface area contributed by atoms with Crippen LogP contribution in [0.15, 0.2) is 48.9 Å². The third kappa shape index (κ3) is 2.58. The van der Waals surface area contributed by atoms with Gasteiger partial charge in [-0.05, 0) is 29.8 Å². The van der Waals surface area contributed by atoms with Crippen molar-refractivity contribution >= 4 is 22.4 Å². The van der Waals surface area contributed by atoms with Crippen LogP contribution >= 0.6 is 0 Å². The Bertz CT molecular complexity index is 836. The van der Waals surface area contributed by atoms with Crippen molar-refractivity contribution in [1.82, 2.24) is 15.3 Å². The molecule has 6 heteroatoms. The van der Waals surface area contributed by atoms with Crippen molar-refractivity contribution in [2.45, 2.75) is 6.54 Å². The molecule has 0 aliphatic carbocycles. The van der Waals surface area contributed by atoms with Gasteiger partial charge in [-0.15, -0.1) is 0 Å². The molecule has 1 amide bonds. The lowest BCUT2D eigenvalue weighted by Gasteiger charge is -2.09. The Kier molecular flexibility index (Phi) is 3.65. The standard InChI is InChI=1S/C16H13FN4O/c17-12-3-4-13(18)11-5-7-20-15(14(11)12)16(22)21-9-10-2-1-6-19-8-10/h1-8H,9,18H2,(H,21,22). The molecule has 0 aliphatic rings. The lowest BCUT2D eigenvalue weighted by Crippen LogP contribution is -2.24. The summed E-state index contributed by atoms with van der Waals surface area (Å²) in [5, 5.41) is 3.31. The minimum absolute atomic E-state index is 0.0196. The first-order valence-corrected chi connectivity index (χ1v) is 6.66. The van der Waals surface area contributed by atoms with Gasteiger partial charge >= 0.3 is 0 Å². The summed E-state index contributed by atoms with van der Waals surface area (Å²) in [6, 6.07) is 7.90. The Morgan fingerprint density at radius 1 is 1.23 bits per heavy atom. The van der Waals surface area contributed by atoms with Crippen LogP contribution in [0.5, 0.6) is 0 Å². The van der Waals surface area contributed by atoms with Crippen LogP contribution in [0.4, 0.5) is 10.1 Å². The Balaban J connectivity index is 1.93. The summed E-state index contributed by atoms with van der Waals surface area (Å²) in [5.74, 6) is -0.984. The van der Waals surface area contributed by atoms with E-state index >= 15 is 0 Å². The number of aromatic nitrogens is 2. The van der Waals surface area contributed by atoms with Crippen LogP contribution in [0.25, 0.3) is 10.8 Å². The van der Waals surface area contributed by atoms with Crippen molar-refractivity contribution in [2.75, 3.05) is 5.73 Å². The summed E-state index contributed by atoms with van der Waals surface area (Å²) in [6.45, 7) is 0.286. The lowest BCUT2D eigenvalue weighted by atomic mass is 10.1. The van der Waals surface area contributed by atoms with Gasteiger partial charge in [0.05, 0.1) is 5.39 Å². The lowest BCUT2D eigenvalue weighted by molar-refractivity contribution is 0.0947. The van der Waals surface area contributed by atoms with Gasteiger partial charge in [0.2, 0.25) is 0 Å². The van der Waals surface area contributed by atoms with E-state index in [9.17, 15) is 9.18 Å². The van der Waals surface area contributed by atoms with E-state index in [2.05, 4.69) is 15.3 Å². The molecule has 1 aromatic carbocycles. The summed E-state index contributed by atoms with van der Waals surface area (Å²) in [7, 11) is 0. The molecule has 0 fully saturated rings. The number of fused-ring (bicyclic) bond motifs is 1. The number of hydrogen-bond acceptors (Lipinski definition) is 4. The van der Waals surface area contributed by atoms with E-state index in [0.29, 0.717) is 11.1 Å². The molecule has 2 heterocycles. The fourth-order valence-corrected chi connectivity index (χ4v) is 2.22. The topological polar surface area (TPSA) is 80.9 Å². The predicted octanol–water partition coefficient (Wildman–Crippen LogP) is 2.28. The number of nitrogens with zero attached hydrogens (tertiary/aromatic N) is 2. The average molecular weight is 296 g/mol. The summed E-state index contributed by atoms with van der Waals surface area (Å²) < 4.78 is 14.1. The number of anilines is 1. The van der Waals surface area contributed by atoms with Gasteiger partial charge in [0.15, 0.2) is 0 Å². The van der Waals surface area contributed by atoms with Gasteiger partial charge < -0.3 is 11.1 Å². The molecule has 2 aromatic heterocycles. The second-order valence-electron chi connectivity index (χ2n) is 4.76. The molecule has 3 aromatic rings. The maximum Gasteiger partial charge on any atom is 0.270 e. The SMILES string of the molecule is Nc1ccc(F)c2c(C(=O)NCc3cccnc3)nccc12. The summed E-state index contributed by atoms with van der Waals surface area (Å²) in [6.07, 6.45) is 4.74. The summed E-state index contributed by atoms with van der Waals surface area (Å²) in [4.78, 5) is 20.3. The average Bonchev–Trinajstić information content (AvgIpc) is 2.56. The van der Waals surface area contributed by atoms with Gasteiger partial charge in [0.1, 0.15) is 11.5 Å². The van der Waals surface area contributed by atoms with Crippen LogP contribution in [-0.2, 0) is 6.54 Å². The molecule has 0 bridgehead atoms. The van der Waals surface area contributed by atoms with E-state index in [0.717, 1.165) is 5.56 Å². The highest BCUT2D eigenvalue weighted by atomic mass is 19.1. The van der Waals surface area contributed by atoms with Gasteiger partial charge in [0, 0.05) is 36.2 Å². The van der Waals surface area contributed by atoms with Crippen LogP contribution in [-0.4, -0.2) is 15.9 Å². The number of hydrogen-bond donors (Lipinski definition) is 2. The molecule has 0 spiro atoms. The minimum Gasteiger partial charge on any atom is -0.398 e. The number of nitrogens with two attached hydrogens (primary N) is 1. The highest BCUT2D eigenvalue weighted by molar-refractivity contribution is 6.08. The number of nitrogen functional groups attached to an aromatic ring is 1. The van der Waals surface area contributed by atoms with E-state index in [1.54, 1.807) is 24.5 Å². The largest absolute Gasteiger partial charge is 0.398 e. The molecule has 3 N–H and O–H groups in total. The van der Waals surface area contributed by atoms with Crippen LogP contribution in [0.1, 0.15) is 16.1 Å². The second kappa shape index (κ2) is 5.77. The zero-order valence-corrected chi connectivity index (χ0v) is 11.6. The maximum atomic E-state index is 14.1. The molecular weight excluding hydrogens is 283 g/mol. The van der Waals surface area contributed by atoms with Crippen molar-refractivity contribution in [3.05, 3.63) is 66.0 Å². The van der Waals surface area contributed by atoms with Gasteiger partial charge in [-0.25, -0.2) is 4.39 Å². The number of pyridine rings is 2. The van der Waals surface area contributed by atoms with Crippen LogP contribution < -0.4 is 11.1 Å². The molecule has 3 rings (SSSR count). The van der Waals surface area contributed by atoms with Crippen molar-refractivity contribution in [3.63, 3.8) is 0 Å². The van der Waals surface area contributed by atoms with E-state index in [4.69, 9.17) is 5.73 Å². The fourth-order valence-electron chi connectivity index (χ4n) is 2.22. The van der Waals surface area contributed by atoms with E-state index < -0.39 is 11.7 Å². The third-order valence-electron chi connectivity index (χ3n) is 3.30. The zero-order chi connectivity index (χ0) is 15.5. The van der Waals surface area contributed by atoms with Gasteiger partial charge in [-0.1, -0.05) is 6.07 Å². The molecule has 0 saturated heterocycles. The van der Waals surface area contributed by atoms with Crippen LogP contribution in [0.3, 0.4) is 0 Å². The van der Waals surface area contributed by atoms with Gasteiger partial charge in [0.25, 0.3) is 5.91 Å². The molecule has 110 valence electrons. The van der Waals surface area contributed by atoms with Gasteiger partial charge in [-0.3, -0.25) is 14.8 Å². The quantitative estimate of drug-likeness (QED) is 0.727. The normalized spacial score (nSPS) is 10.6. The maximum absolute atomic E-state index is 14.1. The number of halogens is 1. The number of rotatable bonds is 3. The molecule has 0 saturated carbocycles. The minimum atomic E-state index is -0.524. The molecule has 0 aliphatic heterocycles. The Labute approximate surface area is 126 Å². The highest BCUT2D eigenvalue weighted by Crippen LogP contribution is 2.25. The number of amides is 1. The molecule has 0 unspecified atom stereocenters.